The van der Waals surface area contributed by atoms with Gasteiger partial charge in [-0.3, -0.25) is 9.59 Å². The van der Waals surface area contributed by atoms with Gasteiger partial charge < -0.3 is 15.5 Å². The Labute approximate surface area is 196 Å². The first-order valence-electron chi connectivity index (χ1n) is 11.4. The molecule has 0 saturated carbocycles. The average Bonchev–Trinajstić information content (AvgIpc) is 2.79. The van der Waals surface area contributed by atoms with Gasteiger partial charge in [-0.05, 0) is 47.2 Å². The highest BCUT2D eigenvalue weighted by molar-refractivity contribution is 7.99. The van der Waals surface area contributed by atoms with Crippen molar-refractivity contribution in [2.75, 3.05) is 43.0 Å². The highest BCUT2D eigenvalue weighted by Gasteiger charge is 2.14. The average molecular weight is 454 g/mol. The molecule has 0 bridgehead atoms. The second kappa shape index (κ2) is 11.5. The van der Waals surface area contributed by atoms with Gasteiger partial charge in [-0.1, -0.05) is 45.0 Å². The van der Waals surface area contributed by atoms with E-state index in [2.05, 4.69) is 48.4 Å². The van der Waals surface area contributed by atoms with Crippen molar-refractivity contribution < 1.29 is 9.59 Å². The number of rotatable bonds is 8. The number of nitrogens with one attached hydrogen (secondary N) is 2. The van der Waals surface area contributed by atoms with Crippen LogP contribution >= 0.6 is 11.8 Å². The van der Waals surface area contributed by atoms with E-state index in [1.165, 1.54) is 35.7 Å². The summed E-state index contributed by atoms with van der Waals surface area (Å²) < 4.78 is 0. The second-order valence-corrected chi connectivity index (χ2v) is 10.5. The fraction of sp³-hybridized carbons (Fsp3) is 0.462. The lowest BCUT2D eigenvalue weighted by molar-refractivity contribution is -0.116. The van der Waals surface area contributed by atoms with Crippen molar-refractivity contribution in [1.29, 1.82) is 0 Å². The number of amides is 2. The molecule has 1 saturated heterocycles. The van der Waals surface area contributed by atoms with Crippen LogP contribution in [0.3, 0.4) is 0 Å². The molecule has 1 heterocycles. The van der Waals surface area contributed by atoms with Gasteiger partial charge in [0.15, 0.2) is 0 Å². The van der Waals surface area contributed by atoms with E-state index in [4.69, 9.17) is 0 Å². The predicted octanol–water partition coefficient (Wildman–Crippen LogP) is 4.33. The van der Waals surface area contributed by atoms with Gasteiger partial charge in [-0.25, -0.2) is 0 Å². The molecule has 3 rings (SSSR count). The Hall–Kier alpha value is -2.31. The zero-order valence-corrected chi connectivity index (χ0v) is 20.3. The van der Waals surface area contributed by atoms with Crippen LogP contribution in [0.1, 0.15) is 48.7 Å². The fourth-order valence-electron chi connectivity index (χ4n) is 3.60. The van der Waals surface area contributed by atoms with Gasteiger partial charge in [0.25, 0.3) is 5.91 Å². The summed E-state index contributed by atoms with van der Waals surface area (Å²) in [5, 5.41) is 5.73. The Morgan fingerprint density at radius 1 is 0.969 bits per heavy atom. The Kier molecular flexibility index (Phi) is 8.76. The molecule has 1 fully saturated rings. The van der Waals surface area contributed by atoms with Crippen LogP contribution in [0.15, 0.2) is 48.5 Å². The van der Waals surface area contributed by atoms with E-state index < -0.39 is 0 Å². The minimum Gasteiger partial charge on any atom is -0.352 e. The fourth-order valence-corrected chi connectivity index (χ4v) is 4.58. The number of thioether (sulfide) groups is 1. The van der Waals surface area contributed by atoms with Crippen LogP contribution in [0.2, 0.25) is 0 Å². The van der Waals surface area contributed by atoms with Crippen molar-refractivity contribution in [1.82, 2.24) is 10.2 Å². The number of hydrogen-bond donors (Lipinski definition) is 2. The molecule has 1 aliphatic rings. The minimum atomic E-state index is -0.157. The number of nitrogens with zero attached hydrogens (tertiary/aromatic N) is 1. The summed E-state index contributed by atoms with van der Waals surface area (Å²) in [6.07, 6.45) is 1.27. The molecule has 2 aromatic rings. The first-order valence-corrected chi connectivity index (χ1v) is 12.5. The summed E-state index contributed by atoms with van der Waals surface area (Å²) in [4.78, 5) is 27.1. The molecular weight excluding hydrogens is 418 g/mol. The normalized spacial score (nSPS) is 14.7. The Morgan fingerprint density at radius 2 is 1.62 bits per heavy atom. The summed E-state index contributed by atoms with van der Waals surface area (Å²) in [5.41, 5.74) is 3.92. The maximum atomic E-state index is 12.3. The quantitative estimate of drug-likeness (QED) is 0.624. The molecule has 2 amide bonds. The van der Waals surface area contributed by atoms with Crippen LogP contribution in [0.4, 0.5) is 5.69 Å². The largest absolute Gasteiger partial charge is 0.352 e. The van der Waals surface area contributed by atoms with Crippen molar-refractivity contribution in [2.24, 2.45) is 0 Å². The number of hydrogen-bond acceptors (Lipinski definition) is 4. The molecule has 0 aromatic heterocycles. The second-order valence-electron chi connectivity index (χ2n) is 9.28. The molecule has 0 spiro atoms. The molecule has 0 aliphatic carbocycles. The van der Waals surface area contributed by atoms with Crippen molar-refractivity contribution >= 4 is 29.3 Å². The van der Waals surface area contributed by atoms with Gasteiger partial charge >= 0.3 is 0 Å². The molecule has 1 aliphatic heterocycles. The van der Waals surface area contributed by atoms with Gasteiger partial charge in [-0.15, -0.1) is 0 Å². The maximum Gasteiger partial charge on any atom is 0.251 e. The summed E-state index contributed by atoms with van der Waals surface area (Å²) in [7, 11) is 0. The molecule has 6 heteroatoms. The van der Waals surface area contributed by atoms with E-state index in [1.807, 2.05) is 48.2 Å². The van der Waals surface area contributed by atoms with Crippen molar-refractivity contribution in [3.05, 3.63) is 65.2 Å². The van der Waals surface area contributed by atoms with Gasteiger partial charge in [0, 0.05) is 55.4 Å². The van der Waals surface area contributed by atoms with Crippen molar-refractivity contribution in [2.45, 2.75) is 39.0 Å². The zero-order chi connectivity index (χ0) is 23.0. The van der Waals surface area contributed by atoms with Gasteiger partial charge in [0.05, 0.1) is 0 Å². The molecule has 5 nitrogen and oxygen atoms in total. The van der Waals surface area contributed by atoms with E-state index in [9.17, 15) is 9.59 Å². The third-order valence-electron chi connectivity index (χ3n) is 5.71. The SMILES string of the molecule is CC(C)(C)c1ccc(C(=O)NCCC(=O)Nc2ccc(CCN3CCSCC3)cc2)cc1. The summed E-state index contributed by atoms with van der Waals surface area (Å²) in [6.45, 7) is 10.2. The van der Waals surface area contributed by atoms with Crippen LogP contribution in [-0.2, 0) is 16.6 Å². The molecule has 172 valence electrons. The van der Waals surface area contributed by atoms with Crippen molar-refractivity contribution in [3.63, 3.8) is 0 Å². The van der Waals surface area contributed by atoms with E-state index >= 15 is 0 Å². The van der Waals surface area contributed by atoms with Crippen LogP contribution < -0.4 is 10.6 Å². The first-order chi connectivity index (χ1) is 15.3. The summed E-state index contributed by atoms with van der Waals surface area (Å²) >= 11 is 2.03. The van der Waals surface area contributed by atoms with Gasteiger partial charge in [0.1, 0.15) is 0 Å². The lowest BCUT2D eigenvalue weighted by atomic mass is 9.87. The van der Waals surface area contributed by atoms with E-state index in [1.54, 1.807) is 0 Å². The topological polar surface area (TPSA) is 61.4 Å². The zero-order valence-electron chi connectivity index (χ0n) is 19.4. The number of benzene rings is 2. The maximum absolute atomic E-state index is 12.3. The summed E-state index contributed by atoms with van der Waals surface area (Å²) in [5.74, 6) is 2.20. The van der Waals surface area contributed by atoms with Crippen LogP contribution in [0.5, 0.6) is 0 Å². The Bertz CT molecular complexity index is 883. The number of carbonyl (C=O) groups is 2. The van der Waals surface area contributed by atoms with Gasteiger partial charge in [-0.2, -0.15) is 11.8 Å². The monoisotopic (exact) mass is 453 g/mol. The molecule has 0 atom stereocenters. The van der Waals surface area contributed by atoms with Crippen LogP contribution in [0.25, 0.3) is 0 Å². The molecular formula is C26H35N3O2S. The number of anilines is 1. The smallest absolute Gasteiger partial charge is 0.251 e. The third kappa shape index (κ3) is 7.68. The van der Waals surface area contributed by atoms with Crippen LogP contribution in [-0.4, -0.2) is 54.4 Å². The van der Waals surface area contributed by atoms with Crippen molar-refractivity contribution in [3.8, 4) is 0 Å². The van der Waals surface area contributed by atoms with Crippen LogP contribution in [0, 0.1) is 0 Å². The minimum absolute atomic E-state index is 0.0534. The summed E-state index contributed by atoms with van der Waals surface area (Å²) in [6, 6.07) is 15.7. The first kappa shape index (κ1) is 24.3. The molecule has 2 N–H and O–H groups in total. The van der Waals surface area contributed by atoms with E-state index in [0.717, 1.165) is 18.7 Å². The molecule has 32 heavy (non-hydrogen) atoms. The van der Waals surface area contributed by atoms with E-state index in [0.29, 0.717) is 12.1 Å². The standard InChI is InChI=1S/C26H35N3O2S/c1-26(2,3)22-8-6-21(7-9-22)25(31)27-14-12-24(30)28-23-10-4-20(5-11-23)13-15-29-16-18-32-19-17-29/h4-11H,12-19H2,1-3H3,(H,27,31)(H,28,30). The lowest BCUT2D eigenvalue weighted by Crippen LogP contribution is -2.34. The third-order valence-corrected chi connectivity index (χ3v) is 6.65. The molecule has 0 radical (unpaired) electrons. The predicted molar refractivity (Wildman–Crippen MR) is 135 cm³/mol. The van der Waals surface area contributed by atoms with Gasteiger partial charge in [0.2, 0.25) is 5.91 Å². The number of carbonyl (C=O) groups excluding carboxylic acids is 2. The Balaban J connectivity index is 1.37. The molecule has 0 unspecified atom stereocenters. The highest BCUT2D eigenvalue weighted by atomic mass is 32.2. The van der Waals surface area contributed by atoms with E-state index in [-0.39, 0.29) is 23.7 Å². The highest BCUT2D eigenvalue weighted by Crippen LogP contribution is 2.22. The lowest BCUT2D eigenvalue weighted by Gasteiger charge is -2.26. The molecule has 2 aromatic carbocycles. The Morgan fingerprint density at radius 3 is 2.25 bits per heavy atom.